The number of carbonyl (C=O) groups is 2. The Kier molecular flexibility index (Phi) is 7.61. The number of nitrogens with two attached hydrogens (primary N) is 1. The zero-order valence-corrected chi connectivity index (χ0v) is 20.8. The monoisotopic (exact) mass is 520 g/mol. The van der Waals surface area contributed by atoms with Crippen LogP contribution in [0.25, 0.3) is 22.8 Å². The van der Waals surface area contributed by atoms with Crippen LogP contribution in [-0.2, 0) is 11.3 Å². The highest BCUT2D eigenvalue weighted by molar-refractivity contribution is 5.98. The molecule has 38 heavy (non-hydrogen) atoms. The fraction of sp³-hybridized carbons (Fsp3) is 0.231. The van der Waals surface area contributed by atoms with Gasteiger partial charge in [0.05, 0.1) is 19.3 Å². The third kappa shape index (κ3) is 5.59. The number of hydrogen-bond donors (Lipinski definition) is 2. The highest BCUT2D eigenvalue weighted by Crippen LogP contribution is 2.22. The number of hydrogen-bond acceptors (Lipinski definition) is 9. The number of benzene rings is 2. The van der Waals surface area contributed by atoms with E-state index in [2.05, 4.69) is 20.5 Å². The number of nitrogen functional groups attached to an aromatic ring is 1. The van der Waals surface area contributed by atoms with Crippen LogP contribution < -0.4 is 21.3 Å². The maximum Gasteiger partial charge on any atom is 0.286 e. The molecule has 0 saturated heterocycles. The number of amides is 1. The molecule has 0 fully saturated rings. The number of nitrogens with zero attached hydrogens (tertiary/aromatic N) is 4. The van der Waals surface area contributed by atoms with E-state index in [1.807, 2.05) is 0 Å². The van der Waals surface area contributed by atoms with Crippen molar-refractivity contribution in [2.75, 3.05) is 12.8 Å². The first kappa shape index (κ1) is 26.2. The Hall–Kier alpha value is -4.87. The summed E-state index contributed by atoms with van der Waals surface area (Å²) in [5, 5.41) is 10.4. The third-order valence-corrected chi connectivity index (χ3v) is 5.72. The number of nitrogens with one attached hydrogen (secondary N) is 1. The molecule has 0 saturated carbocycles. The van der Waals surface area contributed by atoms with Gasteiger partial charge in [-0.25, -0.2) is 9.37 Å². The second-order valence-electron chi connectivity index (χ2n) is 8.73. The molecule has 1 unspecified atom stereocenters. The van der Waals surface area contributed by atoms with E-state index >= 15 is 0 Å². The lowest BCUT2D eigenvalue weighted by molar-refractivity contribution is -0.122. The molecule has 3 N–H and O–H groups in total. The molecule has 0 radical (unpaired) electrons. The first-order valence-corrected chi connectivity index (χ1v) is 11.6. The van der Waals surface area contributed by atoms with Crippen molar-refractivity contribution >= 4 is 17.4 Å². The lowest BCUT2D eigenvalue weighted by Gasteiger charge is -2.20. The predicted molar refractivity (Wildman–Crippen MR) is 136 cm³/mol. The van der Waals surface area contributed by atoms with Crippen LogP contribution >= 0.6 is 0 Å². The molecule has 2 aromatic carbocycles. The van der Waals surface area contributed by atoms with Crippen LogP contribution in [0.2, 0.25) is 0 Å². The summed E-state index contributed by atoms with van der Waals surface area (Å²) >= 11 is 0. The molecule has 4 aromatic rings. The van der Waals surface area contributed by atoms with Crippen LogP contribution in [0, 0.1) is 11.7 Å². The third-order valence-electron chi connectivity index (χ3n) is 5.72. The van der Waals surface area contributed by atoms with Gasteiger partial charge in [-0.3, -0.25) is 19.0 Å². The molecule has 0 aliphatic heterocycles. The van der Waals surface area contributed by atoms with Crippen molar-refractivity contribution in [1.29, 1.82) is 0 Å². The van der Waals surface area contributed by atoms with Gasteiger partial charge < -0.3 is 20.2 Å². The quantitative estimate of drug-likeness (QED) is 0.317. The number of anilines is 1. The molecule has 12 heteroatoms. The molecule has 2 heterocycles. The van der Waals surface area contributed by atoms with Crippen molar-refractivity contribution in [2.45, 2.75) is 26.4 Å². The summed E-state index contributed by atoms with van der Waals surface area (Å²) in [6.45, 7) is 2.99. The summed E-state index contributed by atoms with van der Waals surface area (Å²) in [7, 11) is 1.54. The van der Waals surface area contributed by atoms with Crippen molar-refractivity contribution < 1.29 is 23.1 Å². The van der Waals surface area contributed by atoms with Crippen molar-refractivity contribution in [1.82, 2.24) is 25.1 Å². The Morgan fingerprint density at radius 1 is 1.08 bits per heavy atom. The molecular formula is C26H25FN6O5. The van der Waals surface area contributed by atoms with E-state index in [4.69, 9.17) is 14.9 Å². The second-order valence-corrected chi connectivity index (χ2v) is 8.73. The maximum atomic E-state index is 13.4. The highest BCUT2D eigenvalue weighted by Gasteiger charge is 2.30. The van der Waals surface area contributed by atoms with Crippen molar-refractivity contribution in [2.24, 2.45) is 5.92 Å². The molecule has 1 atom stereocenters. The SMILES string of the molecule is COc1ccc(-c2nnc(C(=O)C(NC(=O)Cn3c(-c4ccc(F)cc4)ncc(N)c3=O)C(C)C)o2)cc1. The van der Waals surface area contributed by atoms with Gasteiger partial charge in [-0.05, 0) is 54.4 Å². The Bertz CT molecular complexity index is 1510. The zero-order valence-electron chi connectivity index (χ0n) is 20.8. The van der Waals surface area contributed by atoms with Gasteiger partial charge in [0.1, 0.15) is 29.6 Å². The van der Waals surface area contributed by atoms with Crippen LogP contribution in [0.1, 0.15) is 24.5 Å². The first-order valence-electron chi connectivity index (χ1n) is 11.6. The Labute approximate surface area is 216 Å². The van der Waals surface area contributed by atoms with Crippen LogP contribution in [0.5, 0.6) is 5.75 Å². The summed E-state index contributed by atoms with van der Waals surface area (Å²) in [6.07, 6.45) is 1.17. The summed E-state index contributed by atoms with van der Waals surface area (Å²) in [5.74, 6) is -1.43. The molecule has 0 aliphatic carbocycles. The summed E-state index contributed by atoms with van der Waals surface area (Å²) < 4.78 is 25.2. The van der Waals surface area contributed by atoms with Crippen LogP contribution in [-0.4, -0.2) is 44.6 Å². The van der Waals surface area contributed by atoms with Gasteiger partial charge in [0.25, 0.3) is 11.4 Å². The minimum Gasteiger partial charge on any atom is -0.497 e. The number of methoxy groups -OCH3 is 1. The van der Waals surface area contributed by atoms with Crippen LogP contribution in [0.4, 0.5) is 10.1 Å². The smallest absolute Gasteiger partial charge is 0.286 e. The summed E-state index contributed by atoms with van der Waals surface area (Å²) in [6, 6.07) is 11.1. The Balaban J connectivity index is 1.55. The van der Waals surface area contributed by atoms with E-state index in [9.17, 15) is 18.8 Å². The largest absolute Gasteiger partial charge is 0.497 e. The van der Waals surface area contributed by atoms with E-state index in [1.165, 1.54) is 30.5 Å². The molecule has 11 nitrogen and oxygen atoms in total. The van der Waals surface area contributed by atoms with Gasteiger partial charge in [0, 0.05) is 11.1 Å². The van der Waals surface area contributed by atoms with Gasteiger partial charge in [-0.1, -0.05) is 13.8 Å². The molecule has 0 spiro atoms. The number of aromatic nitrogens is 4. The zero-order chi connectivity index (χ0) is 27.4. The Morgan fingerprint density at radius 2 is 1.74 bits per heavy atom. The fourth-order valence-electron chi connectivity index (χ4n) is 3.69. The average Bonchev–Trinajstić information content (AvgIpc) is 3.41. The van der Waals surface area contributed by atoms with Crippen molar-refractivity contribution in [3.8, 4) is 28.6 Å². The van der Waals surface area contributed by atoms with E-state index in [1.54, 1.807) is 45.2 Å². The van der Waals surface area contributed by atoms with E-state index in [-0.39, 0.29) is 29.2 Å². The standard InChI is InChI=1S/C26H25FN6O5/c1-14(2)21(22(35)25-32-31-24(38-25)16-6-10-18(37-3)11-7-16)30-20(34)13-33-23(29-12-19(28)26(33)36)15-4-8-17(27)9-5-15/h4-12,14,21H,13,28H2,1-3H3,(H,30,34). The van der Waals surface area contributed by atoms with E-state index in [0.29, 0.717) is 16.9 Å². The first-order chi connectivity index (χ1) is 18.2. The number of ketones is 1. The predicted octanol–water partition coefficient (Wildman–Crippen LogP) is 2.71. The van der Waals surface area contributed by atoms with Gasteiger partial charge in [0.15, 0.2) is 0 Å². The molecule has 2 aromatic heterocycles. The number of Topliss-reactive ketones (excluding diaryl/α,β-unsaturated/α-hetero) is 1. The average molecular weight is 521 g/mol. The number of halogens is 1. The van der Waals surface area contributed by atoms with Crippen molar-refractivity contribution in [3.63, 3.8) is 0 Å². The lowest BCUT2D eigenvalue weighted by Crippen LogP contribution is -2.46. The minimum atomic E-state index is -1.02. The topological polar surface area (TPSA) is 155 Å². The molecular weight excluding hydrogens is 495 g/mol. The number of ether oxygens (including phenoxy) is 1. The minimum absolute atomic E-state index is 0.118. The van der Waals surface area contributed by atoms with Crippen LogP contribution in [0.3, 0.4) is 0 Å². The van der Waals surface area contributed by atoms with Gasteiger partial charge in [-0.15, -0.1) is 10.2 Å². The van der Waals surface area contributed by atoms with Gasteiger partial charge in [-0.2, -0.15) is 0 Å². The fourth-order valence-corrected chi connectivity index (χ4v) is 3.69. The van der Waals surface area contributed by atoms with Crippen molar-refractivity contribution in [3.05, 3.63) is 76.8 Å². The molecule has 4 rings (SSSR count). The Morgan fingerprint density at radius 3 is 2.37 bits per heavy atom. The number of rotatable bonds is 9. The van der Waals surface area contributed by atoms with E-state index in [0.717, 1.165) is 4.57 Å². The molecule has 0 bridgehead atoms. The number of carbonyl (C=O) groups excluding carboxylic acids is 2. The molecule has 1 amide bonds. The normalized spacial score (nSPS) is 11.8. The van der Waals surface area contributed by atoms with Gasteiger partial charge >= 0.3 is 0 Å². The molecule has 0 aliphatic rings. The lowest BCUT2D eigenvalue weighted by atomic mass is 9.99. The summed E-state index contributed by atoms with van der Waals surface area (Å²) in [4.78, 5) is 43.1. The summed E-state index contributed by atoms with van der Waals surface area (Å²) in [5.41, 5.74) is 5.91. The van der Waals surface area contributed by atoms with E-state index < -0.39 is 35.7 Å². The second kappa shape index (κ2) is 11.0. The maximum absolute atomic E-state index is 13.4. The highest BCUT2D eigenvalue weighted by atomic mass is 19.1. The van der Waals surface area contributed by atoms with Crippen LogP contribution in [0.15, 0.2) is 63.9 Å². The van der Waals surface area contributed by atoms with Gasteiger partial charge in [0.2, 0.25) is 17.6 Å². The molecule has 196 valence electrons.